The van der Waals surface area contributed by atoms with Crippen molar-refractivity contribution < 1.29 is 8.42 Å². The average molecular weight is 360 g/mol. The molecule has 0 saturated heterocycles. The summed E-state index contributed by atoms with van der Waals surface area (Å²) in [7, 11) is -1.98. The third-order valence-corrected chi connectivity index (χ3v) is 7.36. The van der Waals surface area contributed by atoms with E-state index in [1.807, 2.05) is 19.9 Å². The zero-order chi connectivity index (χ0) is 17.8. The largest absolute Gasteiger partial charge is 0.310 e. The summed E-state index contributed by atoms with van der Waals surface area (Å²) in [6.45, 7) is 3.82. The van der Waals surface area contributed by atoms with Crippen LogP contribution in [-0.2, 0) is 15.6 Å². The highest BCUT2D eigenvalue weighted by molar-refractivity contribution is 7.89. The van der Waals surface area contributed by atoms with Gasteiger partial charge in [0, 0.05) is 19.0 Å². The van der Waals surface area contributed by atoms with Crippen molar-refractivity contribution in [3.8, 4) is 0 Å². The molecule has 2 aromatic rings. The lowest BCUT2D eigenvalue weighted by Crippen LogP contribution is -2.44. The maximum atomic E-state index is 13.1. The molecule has 2 saturated carbocycles. The van der Waals surface area contributed by atoms with Gasteiger partial charge in [-0.2, -0.15) is 4.31 Å². The Morgan fingerprint density at radius 3 is 2.28 bits per heavy atom. The Kier molecular flexibility index (Phi) is 3.77. The van der Waals surface area contributed by atoms with Crippen molar-refractivity contribution in [3.63, 3.8) is 0 Å². The summed E-state index contributed by atoms with van der Waals surface area (Å²) in [5.41, 5.74) is -0.780. The second-order valence-electron chi connectivity index (χ2n) is 7.60. The molecule has 134 valence electrons. The molecular formula is C18H24N4O2S. The zero-order valence-electron chi connectivity index (χ0n) is 14.9. The van der Waals surface area contributed by atoms with Crippen LogP contribution >= 0.6 is 0 Å². The Morgan fingerprint density at radius 2 is 1.72 bits per heavy atom. The molecule has 7 heteroatoms. The molecule has 0 amide bonds. The van der Waals surface area contributed by atoms with Gasteiger partial charge in [0.05, 0.1) is 10.4 Å². The second-order valence-corrected chi connectivity index (χ2v) is 9.57. The maximum absolute atomic E-state index is 13.1. The Balaban J connectivity index is 1.74. The molecule has 4 rings (SSSR count). The molecule has 0 aliphatic heterocycles. The highest BCUT2D eigenvalue weighted by atomic mass is 32.2. The van der Waals surface area contributed by atoms with Crippen LogP contribution in [0.5, 0.6) is 0 Å². The first-order chi connectivity index (χ1) is 11.8. The zero-order valence-corrected chi connectivity index (χ0v) is 15.7. The Bertz CT molecular complexity index is 881. The van der Waals surface area contributed by atoms with Gasteiger partial charge >= 0.3 is 0 Å². The molecular weight excluding hydrogens is 336 g/mol. The van der Waals surface area contributed by atoms with Crippen LogP contribution in [0.15, 0.2) is 35.2 Å². The van der Waals surface area contributed by atoms with Crippen LogP contribution in [0.3, 0.4) is 0 Å². The van der Waals surface area contributed by atoms with Crippen molar-refractivity contribution in [2.75, 3.05) is 7.05 Å². The van der Waals surface area contributed by atoms with Crippen LogP contribution < -0.4 is 0 Å². The van der Waals surface area contributed by atoms with Gasteiger partial charge in [0.15, 0.2) is 5.82 Å². The fourth-order valence-corrected chi connectivity index (χ4v) is 4.72. The van der Waals surface area contributed by atoms with Gasteiger partial charge in [-0.1, -0.05) is 18.2 Å². The van der Waals surface area contributed by atoms with Crippen LogP contribution in [0.2, 0.25) is 0 Å². The van der Waals surface area contributed by atoms with E-state index in [2.05, 4.69) is 14.8 Å². The standard InChI is InChI=1S/C18H24N4O2S/c1-18(2,21(3)25(23,24)15-7-5-4-6-8-15)17-20-19-16(13-9-10-13)22(17)14-11-12-14/h4-8,13-14H,9-12H2,1-3H3. The minimum Gasteiger partial charge on any atom is -0.310 e. The molecule has 1 aromatic heterocycles. The fourth-order valence-electron chi connectivity index (χ4n) is 3.23. The molecule has 0 unspecified atom stereocenters. The molecule has 1 aromatic carbocycles. The summed E-state index contributed by atoms with van der Waals surface area (Å²) >= 11 is 0. The van der Waals surface area contributed by atoms with Gasteiger partial charge in [0.25, 0.3) is 0 Å². The van der Waals surface area contributed by atoms with Gasteiger partial charge in [0.1, 0.15) is 5.82 Å². The molecule has 25 heavy (non-hydrogen) atoms. The van der Waals surface area contributed by atoms with Crippen molar-refractivity contribution in [2.45, 2.75) is 61.9 Å². The van der Waals surface area contributed by atoms with E-state index in [1.54, 1.807) is 31.3 Å². The third kappa shape index (κ3) is 2.79. The quantitative estimate of drug-likeness (QED) is 0.794. The number of sulfonamides is 1. The lowest BCUT2D eigenvalue weighted by atomic mass is 10.0. The summed E-state index contributed by atoms with van der Waals surface area (Å²) < 4.78 is 29.8. The second kappa shape index (κ2) is 5.64. The van der Waals surface area contributed by atoms with Crippen molar-refractivity contribution in [3.05, 3.63) is 42.0 Å². The van der Waals surface area contributed by atoms with Crippen molar-refractivity contribution in [1.82, 2.24) is 19.1 Å². The number of rotatable bonds is 6. The van der Waals surface area contributed by atoms with Gasteiger partial charge in [-0.3, -0.25) is 0 Å². The lowest BCUT2D eigenvalue weighted by molar-refractivity contribution is 0.245. The van der Waals surface area contributed by atoms with Gasteiger partial charge in [-0.15, -0.1) is 10.2 Å². The minimum absolute atomic E-state index is 0.297. The molecule has 0 spiro atoms. The van der Waals surface area contributed by atoms with Crippen LogP contribution in [-0.4, -0.2) is 34.5 Å². The Hall–Kier alpha value is -1.73. The van der Waals surface area contributed by atoms with Crippen LogP contribution in [0.4, 0.5) is 0 Å². The first-order valence-corrected chi connectivity index (χ1v) is 10.3. The molecule has 0 radical (unpaired) electrons. The number of nitrogens with zero attached hydrogens (tertiary/aromatic N) is 4. The van der Waals surface area contributed by atoms with Crippen LogP contribution in [0, 0.1) is 0 Å². The number of aromatic nitrogens is 3. The topological polar surface area (TPSA) is 68.1 Å². The van der Waals surface area contributed by atoms with Gasteiger partial charge < -0.3 is 4.57 Å². The molecule has 2 aliphatic rings. The summed E-state index contributed by atoms with van der Waals surface area (Å²) in [6, 6.07) is 8.98. The lowest BCUT2D eigenvalue weighted by Gasteiger charge is -2.34. The maximum Gasteiger partial charge on any atom is 0.243 e. The highest BCUT2D eigenvalue weighted by Gasteiger charge is 2.44. The predicted molar refractivity (Wildman–Crippen MR) is 94.7 cm³/mol. The monoisotopic (exact) mass is 360 g/mol. The molecule has 0 atom stereocenters. The summed E-state index contributed by atoms with van der Waals surface area (Å²) in [4.78, 5) is 0.297. The van der Waals surface area contributed by atoms with E-state index < -0.39 is 15.6 Å². The summed E-state index contributed by atoms with van der Waals surface area (Å²) in [5, 5.41) is 8.88. The molecule has 0 bridgehead atoms. The van der Waals surface area contributed by atoms with E-state index >= 15 is 0 Å². The average Bonchev–Trinajstić information content (AvgIpc) is 3.53. The number of hydrogen-bond acceptors (Lipinski definition) is 4. The summed E-state index contributed by atoms with van der Waals surface area (Å²) in [5.74, 6) is 2.28. The Labute approximate surface area is 148 Å². The minimum atomic E-state index is -3.61. The number of benzene rings is 1. The van der Waals surface area contributed by atoms with Crippen molar-refractivity contribution in [2.24, 2.45) is 0 Å². The van der Waals surface area contributed by atoms with E-state index in [9.17, 15) is 8.42 Å². The molecule has 2 fully saturated rings. The van der Waals surface area contributed by atoms with Crippen molar-refractivity contribution in [1.29, 1.82) is 0 Å². The SMILES string of the molecule is CN(C(C)(C)c1nnc(C2CC2)n1C1CC1)S(=O)(=O)c1ccccc1. The van der Waals surface area contributed by atoms with E-state index in [0.717, 1.165) is 37.3 Å². The Morgan fingerprint density at radius 1 is 1.08 bits per heavy atom. The third-order valence-electron chi connectivity index (χ3n) is 5.31. The van der Waals surface area contributed by atoms with Crippen molar-refractivity contribution >= 4 is 10.0 Å². The van der Waals surface area contributed by atoms with E-state index in [1.165, 1.54) is 4.31 Å². The van der Waals surface area contributed by atoms with Crippen LogP contribution in [0.1, 0.15) is 63.1 Å². The normalized spacial score (nSPS) is 18.7. The summed E-state index contributed by atoms with van der Waals surface area (Å²) in [6.07, 6.45) is 4.55. The number of hydrogen-bond donors (Lipinski definition) is 0. The predicted octanol–water partition coefficient (Wildman–Crippen LogP) is 3.05. The molecule has 0 N–H and O–H groups in total. The first-order valence-electron chi connectivity index (χ1n) is 8.83. The molecule has 6 nitrogen and oxygen atoms in total. The van der Waals surface area contributed by atoms with Gasteiger partial charge in [0.2, 0.25) is 10.0 Å². The molecule has 2 aliphatic carbocycles. The van der Waals surface area contributed by atoms with E-state index in [-0.39, 0.29) is 0 Å². The van der Waals surface area contributed by atoms with Crippen LogP contribution in [0.25, 0.3) is 0 Å². The van der Waals surface area contributed by atoms with E-state index in [4.69, 9.17) is 0 Å². The highest BCUT2D eigenvalue weighted by Crippen LogP contribution is 2.46. The van der Waals surface area contributed by atoms with Gasteiger partial charge in [-0.25, -0.2) is 8.42 Å². The van der Waals surface area contributed by atoms with E-state index in [0.29, 0.717) is 16.9 Å². The smallest absolute Gasteiger partial charge is 0.243 e. The molecule has 1 heterocycles. The first kappa shape index (κ1) is 16.7. The fraction of sp³-hybridized carbons (Fsp3) is 0.556. The van der Waals surface area contributed by atoms with Gasteiger partial charge in [-0.05, 0) is 51.7 Å².